The first-order chi connectivity index (χ1) is 23.2. The Kier molecular flexibility index (Phi) is 6.57. The van der Waals surface area contributed by atoms with Crippen molar-refractivity contribution in [3.63, 3.8) is 0 Å². The van der Waals surface area contributed by atoms with Crippen molar-refractivity contribution in [3.8, 4) is 11.1 Å². The molecule has 0 fully saturated rings. The molecule has 7 aromatic carbocycles. The standard InChI is InChI=1S/C46H34N/c1-31-22-25-43(44-20-10-9-18-40(31)44)38-27-37(42-21-11-17-33-13-7-8-19-41(33)42)28-39(29-38)47-45(34-14-3-2-4-15-34)30-46(47)36-24-23-32-12-5-6-16-35(32)26-36/h2-21,23-31H,22H2,1H3/q+1. The highest BCUT2D eigenvalue weighted by atomic mass is 15.1. The number of hydrogen-bond acceptors (Lipinski definition) is 0. The van der Waals surface area contributed by atoms with Gasteiger partial charge in [-0.05, 0) is 97.6 Å². The van der Waals surface area contributed by atoms with E-state index in [4.69, 9.17) is 0 Å². The molecule has 2 aliphatic rings. The van der Waals surface area contributed by atoms with Crippen LogP contribution in [0, 0.1) is 0 Å². The lowest BCUT2D eigenvalue weighted by Crippen LogP contribution is -2.25. The maximum absolute atomic E-state index is 2.47. The fraction of sp³-hybridized carbons (Fsp3) is 0.0652. The van der Waals surface area contributed by atoms with Crippen LogP contribution in [-0.4, -0.2) is 10.3 Å². The van der Waals surface area contributed by atoms with E-state index in [1.54, 1.807) is 0 Å². The Hall–Kier alpha value is -5.79. The molecule has 1 aliphatic carbocycles. The van der Waals surface area contributed by atoms with Crippen LogP contribution < -0.4 is 0 Å². The molecule has 1 nitrogen and oxygen atoms in total. The van der Waals surface area contributed by atoms with Gasteiger partial charge in [0.1, 0.15) is 0 Å². The van der Waals surface area contributed by atoms with Gasteiger partial charge in [0.15, 0.2) is 0 Å². The van der Waals surface area contributed by atoms with Crippen LogP contribution in [0.15, 0.2) is 170 Å². The highest BCUT2D eigenvalue weighted by Gasteiger charge is 2.35. The average Bonchev–Trinajstić information content (AvgIpc) is 3.11. The summed E-state index contributed by atoms with van der Waals surface area (Å²) in [6.45, 7) is 2.34. The molecule has 0 amide bonds. The van der Waals surface area contributed by atoms with E-state index >= 15 is 0 Å². The number of hydrogen-bond donors (Lipinski definition) is 0. The predicted octanol–water partition coefficient (Wildman–Crippen LogP) is 11.8. The number of fused-ring (bicyclic) bond motifs is 3. The van der Waals surface area contributed by atoms with E-state index in [0.29, 0.717) is 5.92 Å². The molecule has 0 radical (unpaired) electrons. The van der Waals surface area contributed by atoms with Gasteiger partial charge in [-0.1, -0.05) is 128 Å². The van der Waals surface area contributed by atoms with Gasteiger partial charge in [-0.15, -0.1) is 0 Å². The smallest absolute Gasteiger partial charge is 0.152 e. The number of benzene rings is 7. The first kappa shape index (κ1) is 27.5. The van der Waals surface area contributed by atoms with Crippen LogP contribution in [0.1, 0.15) is 47.1 Å². The molecular formula is C46H34N+. The molecule has 1 unspecified atom stereocenters. The molecule has 7 aromatic rings. The van der Waals surface area contributed by atoms with E-state index in [1.165, 1.54) is 83.2 Å². The Bertz CT molecular complexity index is 2430. The van der Waals surface area contributed by atoms with Gasteiger partial charge in [0, 0.05) is 23.3 Å². The van der Waals surface area contributed by atoms with Crippen molar-refractivity contribution >= 4 is 44.2 Å². The van der Waals surface area contributed by atoms with Gasteiger partial charge in [0.2, 0.25) is 17.1 Å². The Balaban J connectivity index is 1.29. The highest BCUT2D eigenvalue weighted by molar-refractivity contribution is 6.14. The first-order valence-electron chi connectivity index (χ1n) is 16.6. The van der Waals surface area contributed by atoms with Gasteiger partial charge in [-0.3, -0.25) is 0 Å². The topological polar surface area (TPSA) is 3.01 Å². The van der Waals surface area contributed by atoms with Crippen molar-refractivity contribution in [1.82, 2.24) is 0 Å². The zero-order valence-electron chi connectivity index (χ0n) is 26.4. The molecule has 9 rings (SSSR count). The Morgan fingerprint density at radius 3 is 2.11 bits per heavy atom. The Labute approximate surface area is 276 Å². The summed E-state index contributed by atoms with van der Waals surface area (Å²) in [5.41, 5.74) is 13.8. The summed E-state index contributed by atoms with van der Waals surface area (Å²) in [6.07, 6.45) is 5.84. The summed E-state index contributed by atoms with van der Waals surface area (Å²) >= 11 is 0. The maximum Gasteiger partial charge on any atom is 0.225 e. The van der Waals surface area contributed by atoms with Gasteiger partial charge >= 0.3 is 0 Å². The SMILES string of the molecule is CC1CC=C(c2cc(-c3cccc4ccccc34)cc([N+]3=C(c4ccccc4)C=C3c3ccc4ccccc4c3)c2)c2ccccc21. The lowest BCUT2D eigenvalue weighted by molar-refractivity contribution is -0.341. The summed E-state index contributed by atoms with van der Waals surface area (Å²) in [7, 11) is 0. The molecule has 0 N–H and O–H groups in total. The zero-order valence-corrected chi connectivity index (χ0v) is 26.4. The summed E-state index contributed by atoms with van der Waals surface area (Å²) in [5.74, 6) is 0.506. The first-order valence-corrected chi connectivity index (χ1v) is 16.6. The maximum atomic E-state index is 2.47. The van der Waals surface area contributed by atoms with Crippen molar-refractivity contribution < 1.29 is 4.58 Å². The lowest BCUT2D eigenvalue weighted by Gasteiger charge is -2.24. The molecule has 1 aliphatic heterocycles. The van der Waals surface area contributed by atoms with E-state index in [2.05, 4.69) is 181 Å². The molecule has 0 saturated carbocycles. The molecule has 0 bridgehead atoms. The number of rotatable bonds is 5. The Morgan fingerprint density at radius 2 is 1.21 bits per heavy atom. The number of nitrogens with zero attached hydrogens (tertiary/aromatic N) is 1. The molecule has 0 aromatic heterocycles. The summed E-state index contributed by atoms with van der Waals surface area (Å²) < 4.78 is 2.47. The summed E-state index contributed by atoms with van der Waals surface area (Å²) in [4.78, 5) is 0. The van der Waals surface area contributed by atoms with Crippen LogP contribution in [0.5, 0.6) is 0 Å². The monoisotopic (exact) mass is 600 g/mol. The number of allylic oxidation sites excluding steroid dienone is 2. The van der Waals surface area contributed by atoms with Crippen LogP contribution in [0.2, 0.25) is 0 Å². The quantitative estimate of drug-likeness (QED) is 0.173. The molecule has 0 saturated heterocycles. The van der Waals surface area contributed by atoms with Gasteiger partial charge in [-0.25, -0.2) is 0 Å². The third-order valence-corrected chi connectivity index (χ3v) is 9.92. The van der Waals surface area contributed by atoms with E-state index in [9.17, 15) is 0 Å². The van der Waals surface area contributed by atoms with Crippen LogP contribution in [-0.2, 0) is 0 Å². The van der Waals surface area contributed by atoms with Crippen LogP contribution in [0.3, 0.4) is 0 Å². The van der Waals surface area contributed by atoms with Crippen LogP contribution in [0.25, 0.3) is 43.9 Å². The van der Waals surface area contributed by atoms with Crippen molar-refractivity contribution in [3.05, 3.63) is 198 Å². The van der Waals surface area contributed by atoms with Crippen LogP contribution in [0.4, 0.5) is 5.69 Å². The van der Waals surface area contributed by atoms with Crippen molar-refractivity contribution in [2.75, 3.05) is 0 Å². The zero-order chi connectivity index (χ0) is 31.3. The second-order valence-corrected chi connectivity index (χ2v) is 12.8. The van der Waals surface area contributed by atoms with E-state index in [1.807, 2.05) is 0 Å². The largest absolute Gasteiger partial charge is 0.225 e. The minimum Gasteiger partial charge on any atom is -0.152 e. The summed E-state index contributed by atoms with van der Waals surface area (Å²) in [5, 5.41) is 5.03. The van der Waals surface area contributed by atoms with E-state index in [-0.39, 0.29) is 0 Å². The predicted molar refractivity (Wildman–Crippen MR) is 198 cm³/mol. The average molecular weight is 601 g/mol. The van der Waals surface area contributed by atoms with Gasteiger partial charge in [0.05, 0.1) is 6.08 Å². The van der Waals surface area contributed by atoms with E-state index in [0.717, 1.165) is 6.42 Å². The van der Waals surface area contributed by atoms with Crippen molar-refractivity contribution in [2.45, 2.75) is 19.3 Å². The highest BCUT2D eigenvalue weighted by Crippen LogP contribution is 2.43. The summed E-state index contributed by atoms with van der Waals surface area (Å²) in [6, 6.07) is 57.8. The lowest BCUT2D eigenvalue weighted by atomic mass is 9.81. The molecule has 1 heteroatoms. The third kappa shape index (κ3) is 4.75. The third-order valence-electron chi connectivity index (χ3n) is 9.92. The minimum atomic E-state index is 0.506. The van der Waals surface area contributed by atoms with Crippen LogP contribution >= 0.6 is 0 Å². The normalized spacial score (nSPS) is 15.6. The molecule has 47 heavy (non-hydrogen) atoms. The molecular weight excluding hydrogens is 567 g/mol. The fourth-order valence-corrected chi connectivity index (χ4v) is 7.49. The molecule has 222 valence electrons. The second-order valence-electron chi connectivity index (χ2n) is 12.8. The second kappa shape index (κ2) is 11.2. The van der Waals surface area contributed by atoms with Gasteiger partial charge in [-0.2, -0.15) is 4.58 Å². The van der Waals surface area contributed by atoms with E-state index < -0.39 is 0 Å². The molecule has 1 heterocycles. The van der Waals surface area contributed by atoms with Gasteiger partial charge < -0.3 is 0 Å². The fourth-order valence-electron chi connectivity index (χ4n) is 7.49. The van der Waals surface area contributed by atoms with Crippen molar-refractivity contribution in [1.29, 1.82) is 0 Å². The molecule has 1 atom stereocenters. The Morgan fingerprint density at radius 1 is 0.511 bits per heavy atom. The van der Waals surface area contributed by atoms with Crippen molar-refractivity contribution in [2.24, 2.45) is 0 Å². The minimum absolute atomic E-state index is 0.506. The van der Waals surface area contributed by atoms with Gasteiger partial charge in [0.25, 0.3) is 0 Å². The molecule has 0 spiro atoms.